The minimum Gasteiger partial charge on any atom is -0.467 e. The molecule has 0 aliphatic carbocycles. The number of carbonyl (C=O) groups excluding carboxylic acids is 2. The maximum absolute atomic E-state index is 13.0. The second kappa shape index (κ2) is 5.26. The second-order valence-corrected chi connectivity index (χ2v) is 6.04. The number of hydrogen-bond donors (Lipinski definition) is 1. The lowest BCUT2D eigenvalue weighted by atomic mass is 10.0. The topological polar surface area (TPSA) is 65.8 Å². The van der Waals surface area contributed by atoms with Crippen LogP contribution >= 0.6 is 0 Å². The van der Waals surface area contributed by atoms with Gasteiger partial charge in [0.1, 0.15) is 11.8 Å². The zero-order chi connectivity index (χ0) is 16.8. The number of furan rings is 1. The SMILES string of the molecule is Cc1ccc(N2CC3=C(C2=O)[C@@H](c2ccco2)NC(=O)N3C)cc1. The van der Waals surface area contributed by atoms with Crippen molar-refractivity contribution < 1.29 is 14.0 Å². The predicted octanol–water partition coefficient (Wildman–Crippen LogP) is 2.59. The first-order valence-corrected chi connectivity index (χ1v) is 7.75. The molecule has 2 aliphatic heterocycles. The Labute approximate surface area is 139 Å². The number of nitrogens with one attached hydrogen (secondary N) is 1. The first kappa shape index (κ1) is 14.6. The molecule has 0 radical (unpaired) electrons. The van der Waals surface area contributed by atoms with Crippen LogP contribution in [0.3, 0.4) is 0 Å². The third-order valence-corrected chi connectivity index (χ3v) is 4.53. The van der Waals surface area contributed by atoms with E-state index in [0.717, 1.165) is 11.3 Å². The molecule has 4 rings (SSSR count). The molecule has 1 aromatic carbocycles. The van der Waals surface area contributed by atoms with E-state index in [9.17, 15) is 9.59 Å². The first-order valence-electron chi connectivity index (χ1n) is 7.75. The van der Waals surface area contributed by atoms with Crippen molar-refractivity contribution in [3.8, 4) is 0 Å². The van der Waals surface area contributed by atoms with Gasteiger partial charge in [-0.25, -0.2) is 4.79 Å². The van der Waals surface area contributed by atoms with Gasteiger partial charge < -0.3 is 14.6 Å². The van der Waals surface area contributed by atoms with Crippen LogP contribution in [0.5, 0.6) is 0 Å². The molecule has 0 fully saturated rings. The summed E-state index contributed by atoms with van der Waals surface area (Å²) in [6, 6.07) is 10.5. The zero-order valence-corrected chi connectivity index (χ0v) is 13.4. The van der Waals surface area contributed by atoms with Crippen molar-refractivity contribution in [2.45, 2.75) is 13.0 Å². The molecule has 1 atom stereocenters. The Hall–Kier alpha value is -3.02. The third kappa shape index (κ3) is 2.11. The van der Waals surface area contributed by atoms with Crippen molar-refractivity contribution in [2.24, 2.45) is 0 Å². The fourth-order valence-electron chi connectivity index (χ4n) is 3.17. The van der Waals surface area contributed by atoms with Gasteiger partial charge in [0.25, 0.3) is 5.91 Å². The largest absolute Gasteiger partial charge is 0.467 e. The molecule has 2 aromatic rings. The normalized spacial score (nSPS) is 20.5. The summed E-state index contributed by atoms with van der Waals surface area (Å²) in [5.74, 6) is 0.449. The van der Waals surface area contributed by atoms with E-state index in [1.807, 2.05) is 31.2 Å². The number of carbonyl (C=O) groups is 2. The molecule has 2 aliphatic rings. The lowest BCUT2D eigenvalue weighted by Gasteiger charge is -2.29. The fourth-order valence-corrected chi connectivity index (χ4v) is 3.17. The van der Waals surface area contributed by atoms with Crippen molar-refractivity contribution in [2.75, 3.05) is 18.5 Å². The molecule has 0 saturated carbocycles. The molecule has 0 saturated heterocycles. The highest BCUT2D eigenvalue weighted by Gasteiger charge is 2.44. The summed E-state index contributed by atoms with van der Waals surface area (Å²) >= 11 is 0. The predicted molar refractivity (Wildman–Crippen MR) is 88.3 cm³/mol. The molecular formula is C18H17N3O3. The van der Waals surface area contributed by atoms with E-state index in [4.69, 9.17) is 4.42 Å². The van der Waals surface area contributed by atoms with Crippen LogP contribution in [-0.4, -0.2) is 30.4 Å². The number of benzene rings is 1. The van der Waals surface area contributed by atoms with Crippen LogP contribution in [0.1, 0.15) is 17.4 Å². The van der Waals surface area contributed by atoms with Gasteiger partial charge in [0.2, 0.25) is 0 Å². The average molecular weight is 323 g/mol. The van der Waals surface area contributed by atoms with Crippen molar-refractivity contribution >= 4 is 17.6 Å². The van der Waals surface area contributed by atoms with Crippen LogP contribution in [0, 0.1) is 6.92 Å². The molecule has 122 valence electrons. The summed E-state index contributed by atoms with van der Waals surface area (Å²) in [4.78, 5) is 28.5. The molecule has 24 heavy (non-hydrogen) atoms. The van der Waals surface area contributed by atoms with Crippen LogP contribution in [0.4, 0.5) is 10.5 Å². The molecular weight excluding hydrogens is 306 g/mol. The highest BCUT2D eigenvalue weighted by molar-refractivity contribution is 6.11. The van der Waals surface area contributed by atoms with Crippen LogP contribution in [-0.2, 0) is 4.79 Å². The monoisotopic (exact) mass is 323 g/mol. The molecule has 0 unspecified atom stereocenters. The number of amides is 3. The number of likely N-dealkylation sites (N-methyl/N-ethyl adjacent to an activating group) is 1. The molecule has 0 bridgehead atoms. The van der Waals surface area contributed by atoms with Gasteiger partial charge in [-0.05, 0) is 31.2 Å². The van der Waals surface area contributed by atoms with Crippen molar-refractivity contribution in [1.82, 2.24) is 10.2 Å². The lowest BCUT2D eigenvalue weighted by Crippen LogP contribution is -2.45. The maximum Gasteiger partial charge on any atom is 0.322 e. The standard InChI is InChI=1S/C18H17N3O3/c1-11-5-7-12(8-6-11)21-10-13-15(17(21)22)16(14-4-3-9-24-14)19-18(23)20(13)2/h3-9,16H,10H2,1-2H3,(H,19,23)/t16-/m1/s1. The Morgan fingerprint density at radius 3 is 2.58 bits per heavy atom. The van der Waals surface area contributed by atoms with E-state index < -0.39 is 6.04 Å². The Balaban J connectivity index is 1.75. The number of anilines is 1. The minimum absolute atomic E-state index is 0.109. The summed E-state index contributed by atoms with van der Waals surface area (Å²) in [6.45, 7) is 2.38. The van der Waals surface area contributed by atoms with E-state index in [1.165, 1.54) is 11.2 Å². The summed E-state index contributed by atoms with van der Waals surface area (Å²) < 4.78 is 5.43. The summed E-state index contributed by atoms with van der Waals surface area (Å²) in [5.41, 5.74) is 3.22. The van der Waals surface area contributed by atoms with E-state index in [2.05, 4.69) is 5.32 Å². The second-order valence-electron chi connectivity index (χ2n) is 6.04. The smallest absolute Gasteiger partial charge is 0.322 e. The van der Waals surface area contributed by atoms with E-state index in [-0.39, 0.29) is 11.9 Å². The van der Waals surface area contributed by atoms with Crippen molar-refractivity contribution in [1.29, 1.82) is 0 Å². The summed E-state index contributed by atoms with van der Waals surface area (Å²) in [6.07, 6.45) is 1.54. The van der Waals surface area contributed by atoms with Crippen molar-refractivity contribution in [3.63, 3.8) is 0 Å². The van der Waals surface area contributed by atoms with Crippen molar-refractivity contribution in [3.05, 3.63) is 65.3 Å². The quantitative estimate of drug-likeness (QED) is 0.924. The number of aryl methyl sites for hydroxylation is 1. The van der Waals surface area contributed by atoms with Gasteiger partial charge in [0, 0.05) is 12.7 Å². The molecule has 0 spiro atoms. The van der Waals surface area contributed by atoms with Gasteiger partial charge in [-0.1, -0.05) is 17.7 Å². The minimum atomic E-state index is -0.554. The van der Waals surface area contributed by atoms with Crippen LogP contribution in [0.2, 0.25) is 0 Å². The molecule has 1 aromatic heterocycles. The molecule has 3 heterocycles. The number of rotatable bonds is 2. The molecule has 6 heteroatoms. The van der Waals surface area contributed by atoms with Gasteiger partial charge in [-0.2, -0.15) is 0 Å². The molecule has 6 nitrogen and oxygen atoms in total. The molecule has 3 amide bonds. The van der Waals surface area contributed by atoms with Gasteiger partial charge in [0.15, 0.2) is 0 Å². The van der Waals surface area contributed by atoms with Gasteiger partial charge >= 0.3 is 6.03 Å². The summed E-state index contributed by atoms with van der Waals surface area (Å²) in [7, 11) is 1.68. The van der Waals surface area contributed by atoms with Crippen LogP contribution in [0.25, 0.3) is 0 Å². The van der Waals surface area contributed by atoms with Crippen LogP contribution in [0.15, 0.2) is 58.3 Å². The number of hydrogen-bond acceptors (Lipinski definition) is 3. The van der Waals surface area contributed by atoms with E-state index in [0.29, 0.717) is 23.6 Å². The number of urea groups is 1. The average Bonchev–Trinajstić information content (AvgIpc) is 3.21. The Morgan fingerprint density at radius 1 is 1.17 bits per heavy atom. The van der Waals surface area contributed by atoms with Gasteiger partial charge in [0.05, 0.1) is 24.1 Å². The van der Waals surface area contributed by atoms with Crippen LogP contribution < -0.4 is 10.2 Å². The summed E-state index contributed by atoms with van der Waals surface area (Å²) in [5, 5.41) is 2.84. The highest BCUT2D eigenvalue weighted by atomic mass is 16.3. The van der Waals surface area contributed by atoms with E-state index in [1.54, 1.807) is 24.1 Å². The van der Waals surface area contributed by atoms with Gasteiger partial charge in [-0.3, -0.25) is 9.69 Å². The molecule has 1 N–H and O–H groups in total. The zero-order valence-electron chi connectivity index (χ0n) is 13.4. The maximum atomic E-state index is 13.0. The first-order chi connectivity index (χ1) is 11.6. The number of nitrogens with zero attached hydrogens (tertiary/aromatic N) is 2. The van der Waals surface area contributed by atoms with Gasteiger partial charge in [-0.15, -0.1) is 0 Å². The van der Waals surface area contributed by atoms with E-state index >= 15 is 0 Å². The third-order valence-electron chi connectivity index (χ3n) is 4.53. The lowest BCUT2D eigenvalue weighted by molar-refractivity contribution is -0.114. The Bertz CT molecular complexity index is 837. The Kier molecular flexibility index (Phi) is 3.19. The fraction of sp³-hybridized carbons (Fsp3) is 0.222. The Morgan fingerprint density at radius 2 is 1.92 bits per heavy atom. The highest BCUT2D eigenvalue weighted by Crippen LogP contribution is 2.37.